The van der Waals surface area contributed by atoms with Gasteiger partial charge in [0.15, 0.2) is 6.61 Å². The summed E-state index contributed by atoms with van der Waals surface area (Å²) in [4.78, 5) is 37.1. The molecule has 0 radical (unpaired) electrons. The van der Waals surface area contributed by atoms with Gasteiger partial charge in [0, 0.05) is 16.7 Å². The number of carbonyl (C=O) groups excluding carboxylic acids is 3. The molecule has 1 aliphatic rings. The molecule has 1 saturated heterocycles. The highest BCUT2D eigenvalue weighted by Crippen LogP contribution is 2.18. The monoisotopic (exact) mass is 431 g/mol. The minimum Gasteiger partial charge on any atom is -0.469 e. The number of likely N-dealkylation sites (tertiary alicyclic amines) is 1. The van der Waals surface area contributed by atoms with Crippen molar-refractivity contribution < 1.29 is 23.9 Å². The highest BCUT2D eigenvalue weighted by atomic mass is 127. The minimum atomic E-state index is -0.507. The number of hydrogen-bond donors (Lipinski definition) is 0. The molecule has 6 nitrogen and oxygen atoms in total. The summed E-state index contributed by atoms with van der Waals surface area (Å²) in [5.41, 5.74) is 0.449. The van der Waals surface area contributed by atoms with Crippen LogP contribution >= 0.6 is 22.6 Å². The third-order valence-corrected chi connectivity index (χ3v) is 4.74. The lowest BCUT2D eigenvalue weighted by molar-refractivity contribution is -0.149. The van der Waals surface area contributed by atoms with Crippen LogP contribution in [0, 0.1) is 9.49 Å². The van der Waals surface area contributed by atoms with E-state index < -0.39 is 5.97 Å². The lowest BCUT2D eigenvalue weighted by Crippen LogP contribution is -2.42. The molecule has 1 amide bonds. The second-order valence-corrected chi connectivity index (χ2v) is 6.40. The average Bonchev–Trinajstić information content (AvgIpc) is 2.59. The zero-order chi connectivity index (χ0) is 16.8. The quantitative estimate of drug-likeness (QED) is 0.538. The highest BCUT2D eigenvalue weighted by molar-refractivity contribution is 14.1. The molecule has 124 valence electrons. The van der Waals surface area contributed by atoms with Crippen LogP contribution < -0.4 is 0 Å². The summed E-state index contributed by atoms with van der Waals surface area (Å²) in [5.74, 6) is -1.14. The van der Waals surface area contributed by atoms with Crippen LogP contribution in [0.2, 0.25) is 0 Å². The van der Waals surface area contributed by atoms with Crippen molar-refractivity contribution in [3.8, 4) is 0 Å². The van der Waals surface area contributed by atoms with E-state index in [0.717, 1.165) is 3.57 Å². The second-order valence-electron chi connectivity index (χ2n) is 5.23. The zero-order valence-corrected chi connectivity index (χ0v) is 14.9. The first kappa shape index (κ1) is 17.7. The van der Waals surface area contributed by atoms with Gasteiger partial charge in [-0.1, -0.05) is 12.1 Å². The summed E-state index contributed by atoms with van der Waals surface area (Å²) in [5, 5.41) is 0. The number of ether oxygens (including phenoxy) is 2. The van der Waals surface area contributed by atoms with Crippen molar-refractivity contribution in [3.05, 3.63) is 33.4 Å². The molecule has 0 N–H and O–H groups in total. The van der Waals surface area contributed by atoms with Crippen molar-refractivity contribution in [2.75, 3.05) is 26.8 Å². The Morgan fingerprint density at radius 2 is 1.87 bits per heavy atom. The largest absolute Gasteiger partial charge is 0.469 e. The molecular formula is C16H18INO5. The maximum absolute atomic E-state index is 12.1. The fourth-order valence-electron chi connectivity index (χ4n) is 2.45. The van der Waals surface area contributed by atoms with Gasteiger partial charge in [-0.05, 0) is 47.6 Å². The predicted octanol–water partition coefficient (Wildman–Crippen LogP) is 1.86. The van der Waals surface area contributed by atoms with E-state index in [-0.39, 0.29) is 24.4 Å². The Bertz CT molecular complexity index is 596. The number of hydrogen-bond acceptors (Lipinski definition) is 5. The topological polar surface area (TPSA) is 72.9 Å². The molecule has 1 aromatic carbocycles. The summed E-state index contributed by atoms with van der Waals surface area (Å²) in [7, 11) is 1.37. The van der Waals surface area contributed by atoms with Crippen LogP contribution in [0.3, 0.4) is 0 Å². The third kappa shape index (κ3) is 4.66. The summed E-state index contributed by atoms with van der Waals surface area (Å²) in [6.45, 7) is 0.657. The SMILES string of the molecule is COC(=O)C1CCN(C(=O)COC(=O)c2ccccc2I)CC1. The highest BCUT2D eigenvalue weighted by Gasteiger charge is 2.28. The molecule has 0 spiro atoms. The minimum absolute atomic E-state index is 0.155. The summed E-state index contributed by atoms with van der Waals surface area (Å²) < 4.78 is 10.6. The van der Waals surface area contributed by atoms with Crippen LogP contribution in [0.1, 0.15) is 23.2 Å². The number of nitrogens with zero attached hydrogens (tertiary/aromatic N) is 1. The molecule has 0 bridgehead atoms. The number of amides is 1. The smallest absolute Gasteiger partial charge is 0.339 e. The first-order chi connectivity index (χ1) is 11.0. The van der Waals surface area contributed by atoms with E-state index in [4.69, 9.17) is 9.47 Å². The summed E-state index contributed by atoms with van der Waals surface area (Å²) in [6, 6.07) is 7.04. The number of carbonyl (C=O) groups is 3. The standard InChI is InChI=1S/C16H18INO5/c1-22-15(20)11-6-8-18(9-7-11)14(19)10-23-16(21)12-4-2-3-5-13(12)17/h2-5,11H,6-10H2,1H3. The number of benzene rings is 1. The van der Waals surface area contributed by atoms with Crippen LogP contribution in [0.5, 0.6) is 0 Å². The van der Waals surface area contributed by atoms with E-state index in [2.05, 4.69) is 0 Å². The number of rotatable bonds is 4. The van der Waals surface area contributed by atoms with Crippen molar-refractivity contribution >= 4 is 40.4 Å². The number of halogens is 1. The molecular weight excluding hydrogens is 413 g/mol. The Hall–Kier alpha value is -1.64. The van der Waals surface area contributed by atoms with Gasteiger partial charge in [0.2, 0.25) is 0 Å². The van der Waals surface area contributed by atoms with Crippen LogP contribution in [-0.2, 0) is 19.1 Å². The van der Waals surface area contributed by atoms with Gasteiger partial charge < -0.3 is 14.4 Å². The summed E-state index contributed by atoms with van der Waals surface area (Å²) >= 11 is 2.05. The van der Waals surface area contributed by atoms with Crippen molar-refractivity contribution in [1.29, 1.82) is 0 Å². The van der Waals surface area contributed by atoms with E-state index in [9.17, 15) is 14.4 Å². The maximum Gasteiger partial charge on any atom is 0.339 e. The van der Waals surface area contributed by atoms with Gasteiger partial charge in [-0.2, -0.15) is 0 Å². The number of methoxy groups -OCH3 is 1. The van der Waals surface area contributed by atoms with Crippen LogP contribution in [0.4, 0.5) is 0 Å². The van der Waals surface area contributed by atoms with Gasteiger partial charge in [0.1, 0.15) is 0 Å². The molecule has 7 heteroatoms. The maximum atomic E-state index is 12.1. The fourth-order valence-corrected chi connectivity index (χ4v) is 3.06. The Balaban J connectivity index is 1.81. The third-order valence-electron chi connectivity index (χ3n) is 3.80. The molecule has 1 aromatic rings. The molecule has 1 fully saturated rings. The van der Waals surface area contributed by atoms with Crippen molar-refractivity contribution in [1.82, 2.24) is 4.90 Å². The van der Waals surface area contributed by atoms with Gasteiger partial charge in [0.25, 0.3) is 5.91 Å². The van der Waals surface area contributed by atoms with Crippen molar-refractivity contribution in [3.63, 3.8) is 0 Å². The van der Waals surface area contributed by atoms with E-state index in [1.807, 2.05) is 28.7 Å². The van der Waals surface area contributed by atoms with Crippen molar-refractivity contribution in [2.45, 2.75) is 12.8 Å². The second kappa shape index (κ2) is 8.28. The average molecular weight is 431 g/mol. The van der Waals surface area contributed by atoms with Gasteiger partial charge in [-0.15, -0.1) is 0 Å². The van der Waals surface area contributed by atoms with Gasteiger partial charge in [-0.3, -0.25) is 9.59 Å². The lowest BCUT2D eigenvalue weighted by atomic mass is 9.97. The Labute approximate surface area is 148 Å². The molecule has 0 unspecified atom stereocenters. The Morgan fingerprint density at radius 1 is 1.22 bits per heavy atom. The van der Waals surface area contributed by atoms with Gasteiger partial charge in [0.05, 0.1) is 18.6 Å². The predicted molar refractivity (Wildman–Crippen MR) is 90.8 cm³/mol. The van der Waals surface area contributed by atoms with E-state index in [1.165, 1.54) is 7.11 Å². The van der Waals surface area contributed by atoms with Crippen LogP contribution in [0.15, 0.2) is 24.3 Å². The molecule has 0 aliphatic carbocycles. The van der Waals surface area contributed by atoms with Crippen LogP contribution in [-0.4, -0.2) is 49.6 Å². The molecule has 1 aliphatic heterocycles. The molecule has 1 heterocycles. The molecule has 23 heavy (non-hydrogen) atoms. The number of esters is 2. The summed E-state index contributed by atoms with van der Waals surface area (Å²) in [6.07, 6.45) is 1.14. The van der Waals surface area contributed by atoms with Gasteiger partial charge in [-0.25, -0.2) is 4.79 Å². The van der Waals surface area contributed by atoms with Gasteiger partial charge >= 0.3 is 11.9 Å². The fraction of sp³-hybridized carbons (Fsp3) is 0.438. The molecule has 0 aromatic heterocycles. The van der Waals surface area contributed by atoms with Crippen LogP contribution in [0.25, 0.3) is 0 Å². The normalized spacial score (nSPS) is 15.1. The Morgan fingerprint density at radius 3 is 2.48 bits per heavy atom. The lowest BCUT2D eigenvalue weighted by Gasteiger charge is -2.30. The molecule has 0 atom stereocenters. The van der Waals surface area contributed by atoms with E-state index in [1.54, 1.807) is 23.1 Å². The van der Waals surface area contributed by atoms with E-state index >= 15 is 0 Å². The molecule has 2 rings (SSSR count). The van der Waals surface area contributed by atoms with Crippen molar-refractivity contribution in [2.24, 2.45) is 5.92 Å². The molecule has 0 saturated carbocycles. The first-order valence-corrected chi connectivity index (χ1v) is 8.38. The van der Waals surface area contributed by atoms with E-state index in [0.29, 0.717) is 31.5 Å². The first-order valence-electron chi connectivity index (χ1n) is 7.30. The Kier molecular flexibility index (Phi) is 6.37. The zero-order valence-electron chi connectivity index (χ0n) is 12.8. The number of piperidine rings is 1.